The zero-order valence-electron chi connectivity index (χ0n) is 15.5. The number of esters is 1. The summed E-state index contributed by atoms with van der Waals surface area (Å²) >= 11 is 0. The molecule has 0 unspecified atom stereocenters. The van der Waals surface area contributed by atoms with Crippen molar-refractivity contribution in [3.63, 3.8) is 0 Å². The average molecular weight is 371 g/mol. The van der Waals surface area contributed by atoms with Crippen molar-refractivity contribution in [2.75, 3.05) is 25.6 Å². The van der Waals surface area contributed by atoms with Gasteiger partial charge in [0.15, 0.2) is 0 Å². The number of nitrogens with two attached hydrogens (primary N) is 1. The minimum absolute atomic E-state index is 0.163. The van der Waals surface area contributed by atoms with Gasteiger partial charge in [0.1, 0.15) is 10.9 Å². The highest BCUT2D eigenvalue weighted by Gasteiger charge is 2.24. The monoisotopic (exact) mass is 371 g/mol. The van der Waals surface area contributed by atoms with Gasteiger partial charge in [-0.1, -0.05) is 11.1 Å². The van der Waals surface area contributed by atoms with E-state index in [4.69, 9.17) is 15.2 Å². The van der Waals surface area contributed by atoms with Crippen LogP contribution in [-0.4, -0.2) is 35.2 Å². The summed E-state index contributed by atoms with van der Waals surface area (Å²) in [5.74, 6) is -0.336. The molecule has 142 valence electrons. The fourth-order valence-electron chi connectivity index (χ4n) is 2.97. The van der Waals surface area contributed by atoms with Gasteiger partial charge in [0.2, 0.25) is 11.5 Å². The Hall–Kier alpha value is -3.00. The van der Waals surface area contributed by atoms with Gasteiger partial charge >= 0.3 is 5.97 Å². The van der Waals surface area contributed by atoms with Gasteiger partial charge in [-0.2, -0.15) is 0 Å². The molecule has 0 amide bonds. The van der Waals surface area contributed by atoms with E-state index in [0.29, 0.717) is 42.9 Å². The van der Waals surface area contributed by atoms with E-state index in [-0.39, 0.29) is 23.5 Å². The van der Waals surface area contributed by atoms with Gasteiger partial charge in [0, 0.05) is 25.8 Å². The first-order valence-electron chi connectivity index (χ1n) is 8.96. The summed E-state index contributed by atoms with van der Waals surface area (Å²) in [7, 11) is 0. The zero-order chi connectivity index (χ0) is 19.4. The third-order valence-corrected chi connectivity index (χ3v) is 4.23. The molecule has 27 heavy (non-hydrogen) atoms. The van der Waals surface area contributed by atoms with Crippen LogP contribution < -0.4 is 15.9 Å². The van der Waals surface area contributed by atoms with Gasteiger partial charge in [-0.25, -0.2) is 9.36 Å². The Bertz CT molecular complexity index is 1050. The van der Waals surface area contributed by atoms with Gasteiger partial charge in [0.25, 0.3) is 11.2 Å². The van der Waals surface area contributed by atoms with Crippen molar-refractivity contribution in [3.05, 3.63) is 46.4 Å². The molecule has 0 aliphatic rings. The molecule has 3 aromatic heterocycles. The topological polar surface area (TPSA) is 99.8 Å². The first kappa shape index (κ1) is 18.8. The Labute approximate surface area is 156 Å². The lowest BCUT2D eigenvalue weighted by molar-refractivity contribution is -0.659. The van der Waals surface area contributed by atoms with Crippen molar-refractivity contribution in [1.82, 2.24) is 9.38 Å². The summed E-state index contributed by atoms with van der Waals surface area (Å²) < 4.78 is 13.6. The second kappa shape index (κ2) is 8.13. The number of fused-ring (bicyclic) bond motifs is 2. The fraction of sp³-hybridized carbons (Fsp3) is 0.368. The van der Waals surface area contributed by atoms with E-state index in [1.165, 1.54) is 10.5 Å². The molecule has 0 saturated heterocycles. The van der Waals surface area contributed by atoms with Crippen molar-refractivity contribution >= 4 is 28.5 Å². The number of aromatic nitrogens is 3. The van der Waals surface area contributed by atoms with Crippen molar-refractivity contribution in [2.45, 2.75) is 26.8 Å². The minimum Gasteiger partial charge on any atom is -0.462 e. The Morgan fingerprint density at radius 3 is 2.85 bits per heavy atom. The van der Waals surface area contributed by atoms with Crippen molar-refractivity contribution < 1.29 is 18.8 Å². The zero-order valence-corrected chi connectivity index (χ0v) is 15.5. The van der Waals surface area contributed by atoms with E-state index >= 15 is 0 Å². The highest BCUT2D eigenvalue weighted by Crippen LogP contribution is 2.16. The second-order valence-corrected chi connectivity index (χ2v) is 5.95. The van der Waals surface area contributed by atoms with Crippen LogP contribution in [0.4, 0.5) is 5.82 Å². The summed E-state index contributed by atoms with van der Waals surface area (Å²) in [6.45, 7) is 5.48. The van der Waals surface area contributed by atoms with E-state index < -0.39 is 5.97 Å². The SMILES string of the molecule is CCOCCC[n+]1c(N)c(C(=O)OCC)cc2c(=O)n3ccccc3nc21. The van der Waals surface area contributed by atoms with Crippen molar-refractivity contribution in [2.24, 2.45) is 0 Å². The van der Waals surface area contributed by atoms with E-state index in [9.17, 15) is 9.59 Å². The quantitative estimate of drug-likeness (QED) is 0.291. The molecule has 3 rings (SSSR count). The first-order valence-corrected chi connectivity index (χ1v) is 8.96. The molecule has 0 bridgehead atoms. The fourth-order valence-corrected chi connectivity index (χ4v) is 2.97. The Morgan fingerprint density at radius 2 is 2.11 bits per heavy atom. The predicted octanol–water partition coefficient (Wildman–Crippen LogP) is 1.32. The summed E-state index contributed by atoms with van der Waals surface area (Å²) in [6, 6.07) is 6.78. The molecule has 0 aliphatic heterocycles. The number of anilines is 1. The highest BCUT2D eigenvalue weighted by atomic mass is 16.5. The third kappa shape index (κ3) is 3.61. The highest BCUT2D eigenvalue weighted by molar-refractivity contribution is 5.96. The van der Waals surface area contributed by atoms with Crippen molar-refractivity contribution in [1.29, 1.82) is 0 Å². The molecular formula is C19H23N4O4+. The molecule has 0 radical (unpaired) electrons. The number of ether oxygens (including phenoxy) is 2. The first-order chi connectivity index (χ1) is 13.1. The molecule has 0 saturated carbocycles. The van der Waals surface area contributed by atoms with Gasteiger partial charge in [-0.05, 0) is 32.0 Å². The lowest BCUT2D eigenvalue weighted by atomic mass is 10.2. The molecule has 0 spiro atoms. The number of hydrogen-bond acceptors (Lipinski definition) is 6. The van der Waals surface area contributed by atoms with E-state index in [0.717, 1.165) is 0 Å². The molecule has 0 aromatic carbocycles. The summed E-state index contributed by atoms with van der Waals surface area (Å²) in [5.41, 5.74) is 7.11. The largest absolute Gasteiger partial charge is 0.462 e. The summed E-state index contributed by atoms with van der Waals surface area (Å²) in [6.07, 6.45) is 2.31. The smallest absolute Gasteiger partial charge is 0.344 e. The normalized spacial score (nSPS) is 11.2. The molecule has 2 N–H and O–H groups in total. The maximum Gasteiger partial charge on any atom is 0.344 e. The number of carbonyl (C=O) groups excluding carboxylic acids is 1. The van der Waals surface area contributed by atoms with Crippen LogP contribution in [0.1, 0.15) is 30.6 Å². The molecular weight excluding hydrogens is 348 g/mol. The molecule has 3 heterocycles. The van der Waals surface area contributed by atoms with Crippen LogP contribution in [-0.2, 0) is 16.0 Å². The van der Waals surface area contributed by atoms with Crippen LogP contribution in [0.5, 0.6) is 0 Å². The van der Waals surface area contributed by atoms with Crippen LogP contribution in [0.3, 0.4) is 0 Å². The van der Waals surface area contributed by atoms with Crippen molar-refractivity contribution in [3.8, 4) is 0 Å². The third-order valence-electron chi connectivity index (χ3n) is 4.23. The maximum atomic E-state index is 13.0. The standard InChI is InChI=1S/C19H22N4O4/c1-3-26-11-7-10-23-16(20)13(19(25)27-4-2)12-14-17(23)21-15-8-5-6-9-22(15)18(14)24/h5-6,8-9,12,20H,3-4,7,10-11H2,1-2H3/p+1. The second-order valence-electron chi connectivity index (χ2n) is 5.95. The summed E-state index contributed by atoms with van der Waals surface area (Å²) in [5, 5.41) is 0.312. The van der Waals surface area contributed by atoms with Crippen LogP contribution in [0.15, 0.2) is 35.3 Å². The lowest BCUT2D eigenvalue weighted by Gasteiger charge is -2.11. The Balaban J connectivity index is 2.24. The number of rotatable bonds is 7. The van der Waals surface area contributed by atoms with Crippen LogP contribution in [0, 0.1) is 0 Å². The minimum atomic E-state index is -0.562. The Kier molecular flexibility index (Phi) is 5.66. The van der Waals surface area contributed by atoms with Crippen LogP contribution >= 0.6 is 0 Å². The van der Waals surface area contributed by atoms with Crippen LogP contribution in [0.25, 0.3) is 16.7 Å². The molecule has 3 aromatic rings. The van der Waals surface area contributed by atoms with E-state index in [1.54, 1.807) is 29.8 Å². The van der Waals surface area contributed by atoms with Gasteiger partial charge in [0.05, 0.1) is 13.2 Å². The van der Waals surface area contributed by atoms with Gasteiger partial charge < -0.3 is 15.2 Å². The number of nitrogen functional groups attached to an aromatic ring is 1. The van der Waals surface area contributed by atoms with Gasteiger partial charge in [-0.3, -0.25) is 9.20 Å². The lowest BCUT2D eigenvalue weighted by Crippen LogP contribution is -2.42. The number of hydrogen-bond donors (Lipinski definition) is 1. The summed E-state index contributed by atoms with van der Waals surface area (Å²) in [4.78, 5) is 29.9. The maximum absolute atomic E-state index is 13.0. The average Bonchev–Trinajstić information content (AvgIpc) is 2.67. The molecule has 0 fully saturated rings. The van der Waals surface area contributed by atoms with Crippen LogP contribution in [0.2, 0.25) is 0 Å². The number of aryl methyl sites for hydroxylation is 1. The molecule has 8 heteroatoms. The number of pyridine rings is 2. The predicted molar refractivity (Wildman–Crippen MR) is 101 cm³/mol. The number of carbonyl (C=O) groups is 1. The Morgan fingerprint density at radius 1 is 1.30 bits per heavy atom. The van der Waals surface area contributed by atoms with E-state index in [1.807, 2.05) is 13.0 Å². The molecule has 0 aliphatic carbocycles. The van der Waals surface area contributed by atoms with E-state index in [2.05, 4.69) is 4.98 Å². The van der Waals surface area contributed by atoms with Gasteiger partial charge in [-0.15, -0.1) is 0 Å². The molecule has 0 atom stereocenters. The number of nitrogens with zero attached hydrogens (tertiary/aromatic N) is 3. The molecule has 8 nitrogen and oxygen atoms in total.